The first-order valence-corrected chi connectivity index (χ1v) is 9.68. The Hall–Kier alpha value is -1.04. The summed E-state index contributed by atoms with van der Waals surface area (Å²) in [6.45, 7) is 6.09. The fourth-order valence-electron chi connectivity index (χ4n) is 4.27. The van der Waals surface area contributed by atoms with E-state index in [9.17, 15) is 10.2 Å². The lowest BCUT2D eigenvalue weighted by Crippen LogP contribution is -2.19. The van der Waals surface area contributed by atoms with Crippen LogP contribution in [0.1, 0.15) is 65.7 Å². The molecular formula is C22H34O2. The molecule has 2 aliphatic rings. The van der Waals surface area contributed by atoms with Crippen molar-refractivity contribution in [2.45, 2.75) is 77.9 Å². The quantitative estimate of drug-likeness (QED) is 0.410. The van der Waals surface area contributed by atoms with E-state index in [1.165, 1.54) is 25.7 Å². The van der Waals surface area contributed by atoms with Crippen LogP contribution in [0.4, 0.5) is 0 Å². The largest absolute Gasteiger partial charge is 0.392 e. The van der Waals surface area contributed by atoms with Crippen molar-refractivity contribution in [3.05, 3.63) is 23.8 Å². The molecule has 0 aromatic carbocycles. The molecule has 2 N–H and O–H groups in total. The molecule has 0 aromatic rings. The van der Waals surface area contributed by atoms with Gasteiger partial charge >= 0.3 is 0 Å². The summed E-state index contributed by atoms with van der Waals surface area (Å²) in [5.41, 5.74) is 1.59. The maximum Gasteiger partial charge on any atom is 0.0755 e. The zero-order valence-electron chi connectivity index (χ0n) is 15.5. The van der Waals surface area contributed by atoms with Crippen molar-refractivity contribution in [3.63, 3.8) is 0 Å². The number of hydrogen-bond donors (Lipinski definition) is 2. The molecule has 0 saturated heterocycles. The fraction of sp³-hybridized carbons (Fsp3) is 0.727. The summed E-state index contributed by atoms with van der Waals surface area (Å²) < 4.78 is 0. The molecule has 0 bridgehead atoms. The monoisotopic (exact) mass is 330 g/mol. The summed E-state index contributed by atoms with van der Waals surface area (Å²) in [6, 6.07) is 0. The molecule has 2 fully saturated rings. The summed E-state index contributed by atoms with van der Waals surface area (Å²) in [4.78, 5) is 0. The molecule has 0 spiro atoms. The van der Waals surface area contributed by atoms with Crippen LogP contribution in [0.25, 0.3) is 0 Å². The van der Waals surface area contributed by atoms with Crippen molar-refractivity contribution in [2.24, 2.45) is 23.7 Å². The molecule has 0 aromatic heterocycles. The predicted octanol–water partition coefficient (Wildman–Crippen LogP) is 4.48. The number of aliphatic hydroxyl groups excluding tert-OH is 2. The minimum absolute atomic E-state index is 0.135. The molecule has 0 aliphatic heterocycles. The van der Waals surface area contributed by atoms with Crippen LogP contribution in [-0.2, 0) is 0 Å². The lowest BCUT2D eigenvalue weighted by atomic mass is 9.89. The Morgan fingerprint density at radius 2 is 2.12 bits per heavy atom. The summed E-state index contributed by atoms with van der Waals surface area (Å²) in [6.07, 6.45) is 13.4. The summed E-state index contributed by atoms with van der Waals surface area (Å²) in [5, 5.41) is 20.7. The third kappa shape index (κ3) is 4.98. The molecule has 2 heteroatoms. The average molecular weight is 331 g/mol. The Morgan fingerprint density at radius 3 is 2.83 bits per heavy atom. The van der Waals surface area contributed by atoms with Crippen LogP contribution in [0.3, 0.4) is 0 Å². The third-order valence-corrected chi connectivity index (χ3v) is 5.82. The molecule has 2 aliphatic carbocycles. The van der Waals surface area contributed by atoms with Crippen LogP contribution in [-0.4, -0.2) is 22.4 Å². The second-order valence-electron chi connectivity index (χ2n) is 7.70. The first-order chi connectivity index (χ1) is 11.6. The van der Waals surface area contributed by atoms with Gasteiger partial charge in [0.2, 0.25) is 0 Å². The topological polar surface area (TPSA) is 40.5 Å². The Labute approximate surface area is 148 Å². The highest BCUT2D eigenvalue weighted by atomic mass is 16.3. The zero-order chi connectivity index (χ0) is 17.5. The van der Waals surface area contributed by atoms with Gasteiger partial charge in [0.1, 0.15) is 0 Å². The lowest BCUT2D eigenvalue weighted by Gasteiger charge is -2.19. The number of allylic oxidation sites excluding steroid dienone is 2. The summed E-state index contributed by atoms with van der Waals surface area (Å²) in [7, 11) is 0. The van der Waals surface area contributed by atoms with E-state index >= 15 is 0 Å². The van der Waals surface area contributed by atoms with E-state index in [0.29, 0.717) is 18.3 Å². The van der Waals surface area contributed by atoms with Gasteiger partial charge in [-0.2, -0.15) is 0 Å². The Bertz CT molecular complexity index is 508. The minimum atomic E-state index is -0.474. The second kappa shape index (κ2) is 9.44. The van der Waals surface area contributed by atoms with Gasteiger partial charge in [0.15, 0.2) is 0 Å². The van der Waals surface area contributed by atoms with Crippen LogP contribution in [0.5, 0.6) is 0 Å². The number of unbranched alkanes of at least 4 members (excludes halogenated alkanes) is 2. The van der Waals surface area contributed by atoms with Gasteiger partial charge < -0.3 is 10.2 Å². The fourth-order valence-corrected chi connectivity index (χ4v) is 4.27. The molecule has 0 amide bonds. The maximum absolute atomic E-state index is 10.4. The predicted molar refractivity (Wildman–Crippen MR) is 100 cm³/mol. The Morgan fingerprint density at radius 1 is 1.33 bits per heavy atom. The standard InChI is InChI=1S/C22H34O2/c1-4-6-8-10-17-13-18-15-22(24)19(20(18)14-17)11-12-21(23)16(3)9-7-5-2/h10-12,16,18-24H,4,6,8-9,13-15H2,1-3H3/b12-11+,17-10+/t16?,18-,19+,20-,21+,22+/m0/s1. The van der Waals surface area contributed by atoms with Gasteiger partial charge in [0, 0.05) is 12.3 Å². The SMILES string of the molecule is CC#CCC(C)[C@H](O)/C=C/[C@@H]1[C@H]2C/C(=C/CCCC)C[C@H]2C[C@H]1O. The van der Waals surface area contributed by atoms with Crippen molar-refractivity contribution >= 4 is 0 Å². The van der Waals surface area contributed by atoms with Crippen molar-refractivity contribution < 1.29 is 10.2 Å². The van der Waals surface area contributed by atoms with Crippen molar-refractivity contribution in [3.8, 4) is 11.8 Å². The highest BCUT2D eigenvalue weighted by Crippen LogP contribution is 2.50. The third-order valence-electron chi connectivity index (χ3n) is 5.82. The van der Waals surface area contributed by atoms with Gasteiger partial charge in [-0.05, 0) is 50.4 Å². The minimum Gasteiger partial charge on any atom is -0.392 e. The van der Waals surface area contributed by atoms with E-state index in [1.807, 2.05) is 19.9 Å². The number of aliphatic hydroxyl groups is 2. The summed E-state index contributed by atoms with van der Waals surface area (Å²) >= 11 is 0. The number of hydrogen-bond acceptors (Lipinski definition) is 2. The van der Waals surface area contributed by atoms with Gasteiger partial charge in [-0.25, -0.2) is 0 Å². The Kier molecular flexibility index (Phi) is 7.59. The van der Waals surface area contributed by atoms with Crippen molar-refractivity contribution in [1.29, 1.82) is 0 Å². The van der Waals surface area contributed by atoms with E-state index in [4.69, 9.17) is 0 Å². The molecule has 2 nitrogen and oxygen atoms in total. The van der Waals surface area contributed by atoms with Crippen LogP contribution >= 0.6 is 0 Å². The molecule has 6 atom stereocenters. The molecule has 24 heavy (non-hydrogen) atoms. The van der Waals surface area contributed by atoms with Crippen LogP contribution in [0, 0.1) is 35.5 Å². The average Bonchev–Trinajstić information content (AvgIpc) is 3.07. The van der Waals surface area contributed by atoms with E-state index in [0.717, 1.165) is 12.8 Å². The van der Waals surface area contributed by atoms with E-state index in [-0.39, 0.29) is 17.9 Å². The first kappa shape index (κ1) is 19.3. The van der Waals surface area contributed by atoms with Gasteiger partial charge in [-0.1, -0.05) is 50.5 Å². The number of rotatable bonds is 7. The van der Waals surface area contributed by atoms with Crippen LogP contribution < -0.4 is 0 Å². The molecule has 2 saturated carbocycles. The lowest BCUT2D eigenvalue weighted by molar-refractivity contribution is 0.137. The molecule has 0 heterocycles. The molecular weight excluding hydrogens is 296 g/mol. The van der Waals surface area contributed by atoms with E-state index in [1.54, 1.807) is 5.57 Å². The summed E-state index contributed by atoms with van der Waals surface area (Å²) in [5.74, 6) is 7.44. The molecule has 134 valence electrons. The second-order valence-corrected chi connectivity index (χ2v) is 7.70. The van der Waals surface area contributed by atoms with Crippen LogP contribution in [0.15, 0.2) is 23.8 Å². The highest BCUT2D eigenvalue weighted by Gasteiger charge is 2.44. The molecule has 2 rings (SSSR count). The van der Waals surface area contributed by atoms with E-state index < -0.39 is 6.10 Å². The van der Waals surface area contributed by atoms with Gasteiger partial charge in [0.25, 0.3) is 0 Å². The van der Waals surface area contributed by atoms with Crippen LogP contribution in [0.2, 0.25) is 0 Å². The normalized spacial score (nSPS) is 33.5. The Balaban J connectivity index is 1.93. The highest BCUT2D eigenvalue weighted by molar-refractivity contribution is 5.18. The maximum atomic E-state index is 10.4. The molecule has 1 unspecified atom stereocenters. The first-order valence-electron chi connectivity index (χ1n) is 9.68. The number of fused-ring (bicyclic) bond motifs is 1. The van der Waals surface area contributed by atoms with Crippen molar-refractivity contribution in [2.75, 3.05) is 0 Å². The zero-order valence-corrected chi connectivity index (χ0v) is 15.5. The van der Waals surface area contributed by atoms with Gasteiger partial charge in [0.05, 0.1) is 12.2 Å². The molecule has 0 radical (unpaired) electrons. The van der Waals surface area contributed by atoms with Crippen molar-refractivity contribution in [1.82, 2.24) is 0 Å². The smallest absolute Gasteiger partial charge is 0.0755 e. The van der Waals surface area contributed by atoms with Gasteiger partial charge in [-0.15, -0.1) is 11.8 Å². The van der Waals surface area contributed by atoms with Gasteiger partial charge in [-0.3, -0.25) is 0 Å². The van der Waals surface area contributed by atoms with E-state index in [2.05, 4.69) is 30.9 Å².